The van der Waals surface area contributed by atoms with Crippen molar-refractivity contribution in [2.45, 2.75) is 32.8 Å². The molecule has 1 saturated heterocycles. The summed E-state index contributed by atoms with van der Waals surface area (Å²) in [7, 11) is 1.37. The number of imide groups is 1. The summed E-state index contributed by atoms with van der Waals surface area (Å²) in [5.74, 6) is -2.16. The van der Waals surface area contributed by atoms with Crippen LogP contribution in [0.4, 0.5) is 10.5 Å². The smallest absolute Gasteiger partial charge is 0.321 e. The molecule has 0 radical (unpaired) electrons. The first-order valence-electron chi connectivity index (χ1n) is 8.48. The fraction of sp³-hybridized carbons (Fsp3) is 0.444. The fourth-order valence-electron chi connectivity index (χ4n) is 2.77. The minimum absolute atomic E-state index is 0.0284. The predicted molar refractivity (Wildman–Crippen MR) is 94.4 cm³/mol. The highest BCUT2D eigenvalue weighted by atomic mass is 16.5. The summed E-state index contributed by atoms with van der Waals surface area (Å²) >= 11 is 0. The summed E-state index contributed by atoms with van der Waals surface area (Å²) in [6.45, 7) is 3.58. The van der Waals surface area contributed by atoms with Crippen LogP contribution in [0.15, 0.2) is 24.3 Å². The SMILES string of the molecule is CCc1ccccc1N1C[C@@H](C(=O)O[C@@H](C)C(=O)NC(=O)NC)CC1=O. The predicted octanol–water partition coefficient (Wildman–Crippen LogP) is 0.989. The molecular weight excluding hydrogens is 338 g/mol. The van der Waals surface area contributed by atoms with Gasteiger partial charge < -0.3 is 15.0 Å². The van der Waals surface area contributed by atoms with Crippen LogP contribution in [0.5, 0.6) is 0 Å². The van der Waals surface area contributed by atoms with E-state index < -0.39 is 29.9 Å². The number of ether oxygens (including phenoxy) is 1. The van der Waals surface area contributed by atoms with Gasteiger partial charge in [-0.25, -0.2) is 4.79 Å². The number of amides is 4. The summed E-state index contributed by atoms with van der Waals surface area (Å²) in [5, 5.41) is 4.28. The monoisotopic (exact) mass is 361 g/mol. The van der Waals surface area contributed by atoms with E-state index in [1.54, 1.807) is 4.90 Å². The van der Waals surface area contributed by atoms with Gasteiger partial charge in [-0.15, -0.1) is 0 Å². The van der Waals surface area contributed by atoms with Crippen LogP contribution in [0.2, 0.25) is 0 Å². The topological polar surface area (TPSA) is 105 Å². The average molecular weight is 361 g/mol. The van der Waals surface area contributed by atoms with Crippen LogP contribution in [0.25, 0.3) is 0 Å². The number of benzene rings is 1. The van der Waals surface area contributed by atoms with Crippen molar-refractivity contribution in [3.63, 3.8) is 0 Å². The molecule has 8 nitrogen and oxygen atoms in total. The second-order valence-corrected chi connectivity index (χ2v) is 6.04. The van der Waals surface area contributed by atoms with Crippen molar-refractivity contribution in [1.29, 1.82) is 0 Å². The van der Waals surface area contributed by atoms with Gasteiger partial charge in [-0.3, -0.25) is 19.7 Å². The maximum absolute atomic E-state index is 12.3. The van der Waals surface area contributed by atoms with Gasteiger partial charge in [0.05, 0.1) is 5.92 Å². The van der Waals surface area contributed by atoms with Crippen molar-refractivity contribution in [2.75, 3.05) is 18.5 Å². The van der Waals surface area contributed by atoms with Crippen LogP contribution in [-0.4, -0.2) is 43.5 Å². The lowest BCUT2D eigenvalue weighted by molar-refractivity contribution is -0.158. The van der Waals surface area contributed by atoms with Crippen LogP contribution in [0.3, 0.4) is 0 Å². The van der Waals surface area contributed by atoms with Crippen molar-refractivity contribution >= 4 is 29.5 Å². The second-order valence-electron chi connectivity index (χ2n) is 6.04. The molecule has 26 heavy (non-hydrogen) atoms. The van der Waals surface area contributed by atoms with E-state index in [0.29, 0.717) is 0 Å². The van der Waals surface area contributed by atoms with Crippen LogP contribution in [-0.2, 0) is 25.5 Å². The molecule has 1 aromatic carbocycles. The zero-order valence-corrected chi connectivity index (χ0v) is 15.1. The zero-order valence-electron chi connectivity index (χ0n) is 15.1. The molecule has 1 aliphatic heterocycles. The fourth-order valence-corrected chi connectivity index (χ4v) is 2.77. The number of rotatable bonds is 5. The minimum atomic E-state index is -1.13. The Hall–Kier alpha value is -2.90. The quantitative estimate of drug-likeness (QED) is 0.761. The lowest BCUT2D eigenvalue weighted by atomic mass is 10.1. The van der Waals surface area contributed by atoms with E-state index in [2.05, 4.69) is 5.32 Å². The molecule has 0 unspecified atom stereocenters. The van der Waals surface area contributed by atoms with E-state index in [1.807, 2.05) is 36.5 Å². The van der Waals surface area contributed by atoms with Crippen molar-refractivity contribution < 1.29 is 23.9 Å². The number of hydrogen-bond acceptors (Lipinski definition) is 5. The van der Waals surface area contributed by atoms with E-state index in [-0.39, 0.29) is 18.9 Å². The molecule has 2 rings (SSSR count). The van der Waals surface area contributed by atoms with Gasteiger partial charge in [0.15, 0.2) is 6.10 Å². The Kier molecular flexibility index (Phi) is 6.32. The molecule has 0 bridgehead atoms. The highest BCUT2D eigenvalue weighted by Gasteiger charge is 2.37. The number of esters is 1. The van der Waals surface area contributed by atoms with Crippen LogP contribution in [0.1, 0.15) is 25.8 Å². The number of nitrogens with zero attached hydrogens (tertiary/aromatic N) is 1. The molecule has 1 fully saturated rings. The van der Waals surface area contributed by atoms with Gasteiger partial charge in [-0.2, -0.15) is 0 Å². The average Bonchev–Trinajstić information content (AvgIpc) is 3.03. The van der Waals surface area contributed by atoms with Gasteiger partial charge in [0, 0.05) is 25.7 Å². The molecule has 0 aromatic heterocycles. The molecule has 2 N–H and O–H groups in total. The maximum atomic E-state index is 12.3. The largest absolute Gasteiger partial charge is 0.452 e. The van der Waals surface area contributed by atoms with Crippen LogP contribution in [0, 0.1) is 5.92 Å². The Morgan fingerprint density at radius 2 is 2.00 bits per heavy atom. The Labute approximate surface area is 151 Å². The molecule has 140 valence electrons. The summed E-state index contributed by atoms with van der Waals surface area (Å²) in [6.07, 6.45) is -0.334. The van der Waals surface area contributed by atoms with Gasteiger partial charge >= 0.3 is 12.0 Å². The van der Waals surface area contributed by atoms with Gasteiger partial charge in [0.25, 0.3) is 5.91 Å². The molecule has 1 heterocycles. The highest BCUT2D eigenvalue weighted by molar-refractivity contribution is 6.01. The Bertz CT molecular complexity index is 719. The van der Waals surface area contributed by atoms with E-state index in [9.17, 15) is 19.2 Å². The zero-order chi connectivity index (χ0) is 19.3. The summed E-state index contributed by atoms with van der Waals surface area (Å²) in [5.41, 5.74) is 1.81. The summed E-state index contributed by atoms with van der Waals surface area (Å²) < 4.78 is 5.12. The standard InChI is InChI=1S/C18H23N3O5/c1-4-12-7-5-6-8-14(12)21-10-13(9-15(21)22)17(24)26-11(2)16(23)20-18(25)19-3/h5-8,11,13H,4,9-10H2,1-3H3,(H2,19,20,23,25)/t11-,13-/m0/s1. The number of aryl methyl sites for hydroxylation is 1. The molecular formula is C18H23N3O5. The highest BCUT2D eigenvalue weighted by Crippen LogP contribution is 2.29. The van der Waals surface area contributed by atoms with E-state index in [0.717, 1.165) is 17.7 Å². The third-order valence-electron chi connectivity index (χ3n) is 4.25. The number of urea groups is 1. The molecule has 1 aliphatic rings. The van der Waals surface area contributed by atoms with Crippen LogP contribution >= 0.6 is 0 Å². The first-order chi connectivity index (χ1) is 12.4. The Balaban J connectivity index is 2.00. The molecule has 0 saturated carbocycles. The lowest BCUT2D eigenvalue weighted by Gasteiger charge is -2.20. The Morgan fingerprint density at radius 3 is 2.65 bits per heavy atom. The van der Waals surface area contributed by atoms with Crippen LogP contribution < -0.4 is 15.5 Å². The van der Waals surface area contributed by atoms with Crippen molar-refractivity contribution in [2.24, 2.45) is 5.92 Å². The molecule has 4 amide bonds. The number of anilines is 1. The number of carbonyl (C=O) groups is 4. The van der Waals surface area contributed by atoms with Crippen molar-refractivity contribution in [3.05, 3.63) is 29.8 Å². The summed E-state index contributed by atoms with van der Waals surface area (Å²) in [4.78, 5) is 49.1. The van der Waals surface area contributed by atoms with E-state index >= 15 is 0 Å². The third-order valence-corrected chi connectivity index (χ3v) is 4.25. The molecule has 0 spiro atoms. The minimum Gasteiger partial charge on any atom is -0.452 e. The number of carbonyl (C=O) groups excluding carboxylic acids is 4. The molecule has 0 aliphatic carbocycles. The molecule has 8 heteroatoms. The second kappa shape index (κ2) is 8.46. The van der Waals surface area contributed by atoms with E-state index in [4.69, 9.17) is 4.74 Å². The Morgan fingerprint density at radius 1 is 1.31 bits per heavy atom. The molecule has 2 atom stereocenters. The number of para-hydroxylation sites is 1. The van der Waals surface area contributed by atoms with Gasteiger partial charge in [0.2, 0.25) is 5.91 Å². The lowest BCUT2D eigenvalue weighted by Crippen LogP contribution is -2.44. The molecule has 1 aromatic rings. The summed E-state index contributed by atoms with van der Waals surface area (Å²) in [6, 6.07) is 6.86. The first-order valence-corrected chi connectivity index (χ1v) is 8.48. The first kappa shape index (κ1) is 19.4. The van der Waals surface area contributed by atoms with Crippen molar-refractivity contribution in [3.8, 4) is 0 Å². The number of nitrogens with one attached hydrogen (secondary N) is 2. The van der Waals surface area contributed by atoms with E-state index in [1.165, 1.54) is 14.0 Å². The maximum Gasteiger partial charge on any atom is 0.321 e. The van der Waals surface area contributed by atoms with Gasteiger partial charge in [0.1, 0.15) is 0 Å². The third kappa shape index (κ3) is 4.38. The van der Waals surface area contributed by atoms with Gasteiger partial charge in [-0.1, -0.05) is 25.1 Å². The normalized spacial score (nSPS) is 17.6. The van der Waals surface area contributed by atoms with Gasteiger partial charge in [-0.05, 0) is 25.0 Å². The number of hydrogen-bond donors (Lipinski definition) is 2. The van der Waals surface area contributed by atoms with Crippen molar-refractivity contribution in [1.82, 2.24) is 10.6 Å².